The van der Waals surface area contributed by atoms with Gasteiger partial charge in [0.1, 0.15) is 5.82 Å². The normalized spacial score (nSPS) is 17.4. The number of halogens is 1. The van der Waals surface area contributed by atoms with E-state index in [9.17, 15) is 4.39 Å². The molecule has 0 bridgehead atoms. The number of aryl methyl sites for hydroxylation is 2. The molecule has 4 heteroatoms. The Labute approximate surface area is 118 Å². The van der Waals surface area contributed by atoms with Crippen LogP contribution in [0.1, 0.15) is 48.8 Å². The molecular weight excluding hydrogens is 259 g/mol. The molecule has 1 aromatic rings. The molecule has 0 aliphatic heterocycles. The number of carboxylic acid groups (broad SMARTS) is 2. The van der Waals surface area contributed by atoms with Gasteiger partial charge in [-0.3, -0.25) is 0 Å². The first-order chi connectivity index (χ1) is 9.56. The van der Waals surface area contributed by atoms with Crippen LogP contribution in [0.15, 0.2) is 12.1 Å². The predicted octanol–water partition coefficient (Wildman–Crippen LogP) is 4.27. The fourth-order valence-electron chi connectivity index (χ4n) is 3.33. The van der Waals surface area contributed by atoms with Crippen LogP contribution in [0.5, 0.6) is 0 Å². The lowest BCUT2D eigenvalue weighted by Crippen LogP contribution is -2.02. The zero-order chi connectivity index (χ0) is 14.5. The van der Waals surface area contributed by atoms with Gasteiger partial charge in [-0.1, -0.05) is 31.7 Å². The molecule has 2 aliphatic carbocycles. The molecule has 0 amide bonds. The molecule has 1 fully saturated rings. The Kier molecular flexibility index (Phi) is 4.99. The van der Waals surface area contributed by atoms with Crippen LogP contribution in [0.4, 0.5) is 9.18 Å². The minimum absolute atomic E-state index is 0.0487. The number of hydrogen-bond donors (Lipinski definition) is 2. The van der Waals surface area contributed by atoms with Crippen molar-refractivity contribution in [3.63, 3.8) is 0 Å². The van der Waals surface area contributed by atoms with Crippen LogP contribution in [0.2, 0.25) is 0 Å². The van der Waals surface area contributed by atoms with Crippen LogP contribution in [0.3, 0.4) is 0 Å². The quantitative estimate of drug-likeness (QED) is 0.850. The zero-order valence-corrected chi connectivity index (χ0v) is 11.6. The van der Waals surface area contributed by atoms with Gasteiger partial charge < -0.3 is 10.2 Å². The third-order valence-corrected chi connectivity index (χ3v) is 4.24. The summed E-state index contributed by atoms with van der Waals surface area (Å²) in [5, 5.41) is 13.9. The lowest BCUT2D eigenvalue weighted by molar-refractivity contribution is 0.137. The van der Waals surface area contributed by atoms with E-state index in [4.69, 9.17) is 15.0 Å². The van der Waals surface area contributed by atoms with E-state index in [1.54, 1.807) is 6.07 Å². The van der Waals surface area contributed by atoms with Crippen LogP contribution in [0.25, 0.3) is 0 Å². The van der Waals surface area contributed by atoms with E-state index in [-0.39, 0.29) is 5.82 Å². The summed E-state index contributed by atoms with van der Waals surface area (Å²) in [4.78, 5) is 8.56. The van der Waals surface area contributed by atoms with Crippen molar-refractivity contribution in [3.05, 3.63) is 34.6 Å². The van der Waals surface area contributed by atoms with Gasteiger partial charge in [0.25, 0.3) is 0 Å². The number of benzene rings is 1. The summed E-state index contributed by atoms with van der Waals surface area (Å²) in [5.74, 6) is 0.793. The molecule has 0 radical (unpaired) electrons. The minimum atomic E-state index is -1.83. The van der Waals surface area contributed by atoms with Gasteiger partial charge in [-0.05, 0) is 54.4 Å². The van der Waals surface area contributed by atoms with Crippen LogP contribution in [-0.4, -0.2) is 16.4 Å². The highest BCUT2D eigenvalue weighted by molar-refractivity contribution is 5.53. The van der Waals surface area contributed by atoms with E-state index < -0.39 is 6.16 Å². The molecule has 3 nitrogen and oxygen atoms in total. The van der Waals surface area contributed by atoms with E-state index >= 15 is 0 Å². The fraction of sp³-hybridized carbons (Fsp3) is 0.562. The van der Waals surface area contributed by atoms with Gasteiger partial charge in [-0.15, -0.1) is 0 Å². The minimum Gasteiger partial charge on any atom is -0.450 e. The van der Waals surface area contributed by atoms with E-state index in [2.05, 4.69) is 6.07 Å². The summed E-state index contributed by atoms with van der Waals surface area (Å²) >= 11 is 0. The monoisotopic (exact) mass is 280 g/mol. The van der Waals surface area contributed by atoms with Crippen LogP contribution in [-0.2, 0) is 19.3 Å². The third kappa shape index (κ3) is 3.95. The summed E-state index contributed by atoms with van der Waals surface area (Å²) in [7, 11) is 0. The molecule has 0 saturated heterocycles. The van der Waals surface area contributed by atoms with Crippen molar-refractivity contribution in [2.24, 2.45) is 5.92 Å². The average molecular weight is 280 g/mol. The SMILES string of the molecule is Fc1cc2c(cc1CC1CCCC1)CCC2.O=C(O)O. The summed E-state index contributed by atoms with van der Waals surface area (Å²) in [6, 6.07) is 3.95. The van der Waals surface area contributed by atoms with Crippen molar-refractivity contribution in [1.82, 2.24) is 0 Å². The molecule has 2 N–H and O–H groups in total. The second kappa shape index (κ2) is 6.73. The van der Waals surface area contributed by atoms with E-state index in [1.165, 1.54) is 43.2 Å². The summed E-state index contributed by atoms with van der Waals surface area (Å²) in [6.07, 6.45) is 7.88. The van der Waals surface area contributed by atoms with E-state index in [0.717, 1.165) is 30.7 Å². The molecule has 110 valence electrons. The Bertz CT molecular complexity index is 475. The maximum absolute atomic E-state index is 13.9. The summed E-state index contributed by atoms with van der Waals surface area (Å²) < 4.78 is 13.9. The summed E-state index contributed by atoms with van der Waals surface area (Å²) in [6.45, 7) is 0. The number of hydrogen-bond acceptors (Lipinski definition) is 1. The maximum Gasteiger partial charge on any atom is 0.503 e. The van der Waals surface area contributed by atoms with Crippen molar-refractivity contribution >= 4 is 6.16 Å². The van der Waals surface area contributed by atoms with Crippen LogP contribution >= 0.6 is 0 Å². The van der Waals surface area contributed by atoms with Crippen molar-refractivity contribution in [3.8, 4) is 0 Å². The van der Waals surface area contributed by atoms with Gasteiger partial charge in [0.15, 0.2) is 0 Å². The van der Waals surface area contributed by atoms with Gasteiger partial charge in [0, 0.05) is 0 Å². The van der Waals surface area contributed by atoms with Gasteiger partial charge in [0.05, 0.1) is 0 Å². The van der Waals surface area contributed by atoms with Crippen molar-refractivity contribution in [2.75, 3.05) is 0 Å². The first-order valence-corrected chi connectivity index (χ1v) is 7.28. The molecule has 2 aliphatic rings. The molecule has 0 spiro atoms. The highest BCUT2D eigenvalue weighted by atomic mass is 19.1. The van der Waals surface area contributed by atoms with Gasteiger partial charge in [0.2, 0.25) is 0 Å². The Hall–Kier alpha value is -1.58. The molecular formula is C16H21FO3. The van der Waals surface area contributed by atoms with Crippen LogP contribution < -0.4 is 0 Å². The smallest absolute Gasteiger partial charge is 0.450 e. The van der Waals surface area contributed by atoms with Crippen LogP contribution in [0, 0.1) is 11.7 Å². The second-order valence-electron chi connectivity index (χ2n) is 5.70. The van der Waals surface area contributed by atoms with E-state index in [0.29, 0.717) is 0 Å². The predicted molar refractivity (Wildman–Crippen MR) is 74.7 cm³/mol. The summed E-state index contributed by atoms with van der Waals surface area (Å²) in [5.41, 5.74) is 3.65. The third-order valence-electron chi connectivity index (χ3n) is 4.24. The lowest BCUT2D eigenvalue weighted by atomic mass is 9.95. The highest BCUT2D eigenvalue weighted by Crippen LogP contribution is 2.31. The number of fused-ring (bicyclic) bond motifs is 1. The Balaban J connectivity index is 0.000000328. The van der Waals surface area contributed by atoms with Crippen molar-refractivity contribution < 1.29 is 19.4 Å². The molecule has 1 aromatic carbocycles. The molecule has 0 atom stereocenters. The molecule has 0 heterocycles. The lowest BCUT2D eigenvalue weighted by Gasteiger charge is -2.11. The molecule has 20 heavy (non-hydrogen) atoms. The molecule has 0 aromatic heterocycles. The Morgan fingerprint density at radius 1 is 1.10 bits per heavy atom. The molecule has 3 rings (SSSR count). The topological polar surface area (TPSA) is 57.5 Å². The molecule has 0 unspecified atom stereocenters. The standard InChI is InChI=1S/C15H19F.CH2O3/c16-15-10-13-7-3-6-12(13)9-14(15)8-11-4-1-2-5-11;2-1(3)4/h9-11H,1-8H2;(H2,2,3,4). The number of carbonyl (C=O) groups is 1. The van der Waals surface area contributed by atoms with Gasteiger partial charge in [-0.2, -0.15) is 0 Å². The van der Waals surface area contributed by atoms with Gasteiger partial charge >= 0.3 is 6.16 Å². The highest BCUT2D eigenvalue weighted by Gasteiger charge is 2.19. The number of rotatable bonds is 2. The van der Waals surface area contributed by atoms with Gasteiger partial charge in [-0.25, -0.2) is 9.18 Å². The average Bonchev–Trinajstić information content (AvgIpc) is 3.00. The largest absolute Gasteiger partial charge is 0.503 e. The fourth-order valence-corrected chi connectivity index (χ4v) is 3.33. The Morgan fingerprint density at radius 3 is 2.25 bits per heavy atom. The maximum atomic E-state index is 13.9. The molecule has 1 saturated carbocycles. The first-order valence-electron chi connectivity index (χ1n) is 7.28. The van der Waals surface area contributed by atoms with Crippen molar-refractivity contribution in [1.29, 1.82) is 0 Å². The van der Waals surface area contributed by atoms with Crippen molar-refractivity contribution in [2.45, 2.75) is 51.4 Å². The Morgan fingerprint density at radius 2 is 1.65 bits per heavy atom. The van der Waals surface area contributed by atoms with E-state index in [1.807, 2.05) is 0 Å². The first kappa shape index (κ1) is 14.8. The zero-order valence-electron chi connectivity index (χ0n) is 11.6. The second-order valence-corrected chi connectivity index (χ2v) is 5.70.